The average Bonchev–Trinajstić information content (AvgIpc) is 2.81. The van der Waals surface area contributed by atoms with Gasteiger partial charge in [-0.3, -0.25) is 4.79 Å². The lowest BCUT2D eigenvalue weighted by atomic mass is 10.1. The van der Waals surface area contributed by atoms with Crippen LogP contribution in [0, 0.1) is 0 Å². The van der Waals surface area contributed by atoms with Crippen LogP contribution in [0.3, 0.4) is 0 Å². The van der Waals surface area contributed by atoms with Crippen LogP contribution in [-0.4, -0.2) is 17.9 Å². The summed E-state index contributed by atoms with van der Waals surface area (Å²) in [7, 11) is 0. The summed E-state index contributed by atoms with van der Waals surface area (Å²) < 4.78 is 0. The monoisotopic (exact) mass is 289 g/mol. The predicted octanol–water partition coefficient (Wildman–Crippen LogP) is 0.866. The molecule has 0 unspecified atom stereocenters. The molecule has 3 N–H and O–H groups in total. The second-order valence-corrected chi connectivity index (χ2v) is 5.35. The molecule has 0 radical (unpaired) electrons. The minimum absolute atomic E-state index is 0.280. The van der Waals surface area contributed by atoms with E-state index in [-0.39, 0.29) is 5.56 Å². The minimum atomic E-state index is -1.34. The number of hydrogen-bond acceptors (Lipinski definition) is 5. The number of nitrogen functional groups attached to an aromatic ring is 1. The SMILES string of the molecule is C[C@@H](NC(=O)c1cc(-c2ccccc2)sc1N)C(=O)[O-]. The molecule has 0 fully saturated rings. The lowest BCUT2D eigenvalue weighted by molar-refractivity contribution is -0.307. The number of hydrogen-bond donors (Lipinski definition) is 2. The fraction of sp³-hybridized carbons (Fsp3) is 0.143. The maximum absolute atomic E-state index is 11.9. The van der Waals surface area contributed by atoms with E-state index in [4.69, 9.17) is 5.73 Å². The number of rotatable bonds is 4. The van der Waals surface area contributed by atoms with Crippen LogP contribution < -0.4 is 16.2 Å². The van der Waals surface area contributed by atoms with Crippen molar-refractivity contribution in [3.05, 3.63) is 42.0 Å². The van der Waals surface area contributed by atoms with Crippen LogP contribution in [0.25, 0.3) is 10.4 Å². The van der Waals surface area contributed by atoms with Crippen LogP contribution in [0.1, 0.15) is 17.3 Å². The summed E-state index contributed by atoms with van der Waals surface area (Å²) in [4.78, 5) is 23.4. The highest BCUT2D eigenvalue weighted by Crippen LogP contribution is 2.33. The number of benzene rings is 1. The molecule has 1 heterocycles. The first-order valence-corrected chi connectivity index (χ1v) is 6.77. The molecule has 0 aliphatic carbocycles. The van der Waals surface area contributed by atoms with Gasteiger partial charge in [0.25, 0.3) is 5.91 Å². The molecule has 1 amide bonds. The third-order valence-corrected chi connectivity index (χ3v) is 3.78. The summed E-state index contributed by atoms with van der Waals surface area (Å²) in [5.41, 5.74) is 7.06. The van der Waals surface area contributed by atoms with Crippen molar-refractivity contribution in [2.75, 3.05) is 5.73 Å². The Morgan fingerprint density at radius 1 is 1.30 bits per heavy atom. The van der Waals surface area contributed by atoms with Gasteiger partial charge in [0.2, 0.25) is 0 Å². The summed E-state index contributed by atoms with van der Waals surface area (Å²) in [6.07, 6.45) is 0. The normalized spacial score (nSPS) is 11.8. The van der Waals surface area contributed by atoms with Crippen LogP contribution in [0.4, 0.5) is 5.00 Å². The Kier molecular flexibility index (Phi) is 4.05. The van der Waals surface area contributed by atoms with Crippen molar-refractivity contribution in [3.8, 4) is 10.4 Å². The Labute approximate surface area is 120 Å². The quantitative estimate of drug-likeness (QED) is 0.873. The highest BCUT2D eigenvalue weighted by molar-refractivity contribution is 7.19. The second-order valence-electron chi connectivity index (χ2n) is 4.27. The van der Waals surface area contributed by atoms with Gasteiger partial charge in [0, 0.05) is 4.88 Å². The van der Waals surface area contributed by atoms with Gasteiger partial charge in [0.05, 0.1) is 22.6 Å². The fourth-order valence-corrected chi connectivity index (χ4v) is 2.59. The number of carbonyl (C=O) groups is 2. The van der Waals surface area contributed by atoms with E-state index in [1.807, 2.05) is 30.3 Å². The number of carboxylic acid groups (broad SMARTS) is 1. The van der Waals surface area contributed by atoms with Gasteiger partial charge < -0.3 is 21.0 Å². The zero-order chi connectivity index (χ0) is 14.7. The summed E-state index contributed by atoms with van der Waals surface area (Å²) in [6.45, 7) is 1.34. The summed E-state index contributed by atoms with van der Waals surface area (Å²) in [5, 5.41) is 13.3. The van der Waals surface area contributed by atoms with Crippen LogP contribution >= 0.6 is 11.3 Å². The first kappa shape index (κ1) is 14.1. The van der Waals surface area contributed by atoms with Gasteiger partial charge in [-0.2, -0.15) is 0 Å². The van der Waals surface area contributed by atoms with Gasteiger partial charge in [-0.15, -0.1) is 11.3 Å². The van der Waals surface area contributed by atoms with Crippen LogP contribution in [0.15, 0.2) is 36.4 Å². The van der Waals surface area contributed by atoms with E-state index in [0.717, 1.165) is 10.4 Å². The van der Waals surface area contributed by atoms with Gasteiger partial charge in [-0.05, 0) is 18.6 Å². The molecule has 104 valence electrons. The van der Waals surface area contributed by atoms with E-state index in [9.17, 15) is 14.7 Å². The lowest BCUT2D eigenvalue weighted by Crippen LogP contribution is -2.45. The number of aliphatic carboxylic acids is 1. The molecular weight excluding hydrogens is 276 g/mol. The van der Waals surface area contributed by atoms with E-state index in [0.29, 0.717) is 5.00 Å². The first-order chi connectivity index (χ1) is 9.49. The van der Waals surface area contributed by atoms with E-state index < -0.39 is 17.9 Å². The standard InChI is InChI=1S/C14H14N2O3S/c1-8(14(18)19)16-13(17)10-7-11(20-12(10)15)9-5-3-2-4-6-9/h2-8H,15H2,1H3,(H,16,17)(H,18,19)/p-1/t8-/m1/s1. The van der Waals surface area contributed by atoms with Gasteiger partial charge >= 0.3 is 0 Å². The molecule has 0 saturated heterocycles. The largest absolute Gasteiger partial charge is 0.548 e. The fourth-order valence-electron chi connectivity index (χ4n) is 1.66. The lowest BCUT2D eigenvalue weighted by Gasteiger charge is -2.14. The van der Waals surface area contributed by atoms with Gasteiger partial charge in [0.1, 0.15) is 0 Å². The van der Waals surface area contributed by atoms with Crippen molar-refractivity contribution >= 4 is 28.2 Å². The molecule has 20 heavy (non-hydrogen) atoms. The summed E-state index contributed by atoms with van der Waals surface area (Å²) in [6, 6.07) is 10.1. The number of anilines is 1. The molecule has 5 nitrogen and oxygen atoms in total. The van der Waals surface area contributed by atoms with E-state index in [1.165, 1.54) is 18.3 Å². The summed E-state index contributed by atoms with van der Waals surface area (Å²) >= 11 is 1.29. The third kappa shape index (κ3) is 2.97. The highest BCUT2D eigenvalue weighted by Gasteiger charge is 2.17. The van der Waals surface area contributed by atoms with Crippen molar-refractivity contribution in [3.63, 3.8) is 0 Å². The Morgan fingerprint density at radius 2 is 1.95 bits per heavy atom. The summed E-state index contributed by atoms with van der Waals surface area (Å²) in [5.74, 6) is -1.85. The molecule has 0 spiro atoms. The first-order valence-electron chi connectivity index (χ1n) is 5.95. The number of carbonyl (C=O) groups excluding carboxylic acids is 2. The number of amides is 1. The Hall–Kier alpha value is -2.34. The van der Waals surface area contributed by atoms with Crippen molar-refractivity contribution in [1.29, 1.82) is 0 Å². The van der Waals surface area contributed by atoms with Crippen LogP contribution in [-0.2, 0) is 4.79 Å². The van der Waals surface area contributed by atoms with Crippen LogP contribution in [0.2, 0.25) is 0 Å². The predicted molar refractivity (Wildman–Crippen MR) is 76.1 cm³/mol. The Balaban J connectivity index is 2.24. The average molecular weight is 289 g/mol. The topological polar surface area (TPSA) is 95.2 Å². The molecule has 0 saturated carbocycles. The molecule has 1 aromatic heterocycles. The molecular formula is C14H13N2O3S-. The molecule has 0 aliphatic heterocycles. The second kappa shape index (κ2) is 5.75. The molecule has 2 aromatic rings. The number of carboxylic acids is 1. The van der Waals surface area contributed by atoms with Gasteiger partial charge in [-0.25, -0.2) is 0 Å². The van der Waals surface area contributed by atoms with E-state index in [1.54, 1.807) is 6.07 Å². The Morgan fingerprint density at radius 3 is 2.55 bits per heavy atom. The smallest absolute Gasteiger partial charge is 0.254 e. The Bertz CT molecular complexity index is 637. The third-order valence-electron chi connectivity index (χ3n) is 2.76. The van der Waals surface area contributed by atoms with E-state index >= 15 is 0 Å². The molecule has 1 aromatic carbocycles. The number of thiophene rings is 1. The van der Waals surface area contributed by atoms with Crippen molar-refractivity contribution in [1.82, 2.24) is 5.32 Å². The maximum atomic E-state index is 11.9. The van der Waals surface area contributed by atoms with Crippen LogP contribution in [0.5, 0.6) is 0 Å². The van der Waals surface area contributed by atoms with Crippen molar-refractivity contribution < 1.29 is 14.7 Å². The van der Waals surface area contributed by atoms with Crippen molar-refractivity contribution in [2.24, 2.45) is 0 Å². The molecule has 0 aliphatic rings. The molecule has 0 bridgehead atoms. The van der Waals surface area contributed by atoms with Crippen molar-refractivity contribution in [2.45, 2.75) is 13.0 Å². The highest BCUT2D eigenvalue weighted by atomic mass is 32.1. The number of nitrogens with one attached hydrogen (secondary N) is 1. The van der Waals surface area contributed by atoms with E-state index in [2.05, 4.69) is 5.32 Å². The maximum Gasteiger partial charge on any atom is 0.254 e. The zero-order valence-corrected chi connectivity index (χ0v) is 11.6. The number of nitrogens with two attached hydrogens (primary N) is 1. The van der Waals surface area contributed by atoms with Gasteiger partial charge in [-0.1, -0.05) is 30.3 Å². The van der Waals surface area contributed by atoms with Gasteiger partial charge in [0.15, 0.2) is 0 Å². The molecule has 2 rings (SSSR count). The molecule has 6 heteroatoms. The molecule has 1 atom stereocenters. The zero-order valence-electron chi connectivity index (χ0n) is 10.8. The minimum Gasteiger partial charge on any atom is -0.548 e.